The third-order valence-electron chi connectivity index (χ3n) is 5.31. The molecule has 1 atom stereocenters. The lowest BCUT2D eigenvalue weighted by molar-refractivity contribution is -0.135. The molecule has 1 amide bonds. The highest BCUT2D eigenvalue weighted by molar-refractivity contribution is 14.0. The van der Waals surface area contributed by atoms with Crippen molar-refractivity contribution in [2.45, 2.75) is 51.0 Å². The van der Waals surface area contributed by atoms with Crippen LogP contribution in [0.15, 0.2) is 21.8 Å². The number of nitrogens with one attached hydrogen (secondary N) is 2. The number of rotatable bonds is 5. The maximum atomic E-state index is 12.7. The Morgan fingerprint density at radius 1 is 1.31 bits per heavy atom. The number of carbonyl (C=O) groups excluding carboxylic acids is 1. The van der Waals surface area contributed by atoms with Gasteiger partial charge in [-0.3, -0.25) is 9.79 Å². The smallest absolute Gasteiger partial charge is 0.225 e. The van der Waals surface area contributed by atoms with Crippen molar-refractivity contribution in [3.8, 4) is 0 Å². The topological polar surface area (TPSA) is 56.7 Å². The Hall–Kier alpha value is -0.830. The number of guanidine groups is 1. The van der Waals surface area contributed by atoms with Gasteiger partial charge in [-0.15, -0.1) is 24.0 Å². The predicted molar refractivity (Wildman–Crippen MR) is 119 cm³/mol. The van der Waals surface area contributed by atoms with Gasteiger partial charge in [-0.2, -0.15) is 11.3 Å². The molecule has 1 aliphatic carbocycles. The molecule has 3 rings (SSSR count). The van der Waals surface area contributed by atoms with Gasteiger partial charge in [-0.1, -0.05) is 19.3 Å². The van der Waals surface area contributed by atoms with Gasteiger partial charge in [-0.25, -0.2) is 0 Å². The number of halogens is 1. The van der Waals surface area contributed by atoms with E-state index in [1.54, 1.807) is 18.4 Å². The summed E-state index contributed by atoms with van der Waals surface area (Å²) < 4.78 is 0. The van der Waals surface area contributed by atoms with Crippen molar-refractivity contribution < 1.29 is 4.79 Å². The maximum Gasteiger partial charge on any atom is 0.225 e. The highest BCUT2D eigenvalue weighted by Crippen LogP contribution is 2.26. The molecular weight excluding hydrogens is 459 g/mol. The zero-order chi connectivity index (χ0) is 17.5. The number of carbonyl (C=O) groups is 1. The molecule has 5 nitrogen and oxygen atoms in total. The molecule has 2 fully saturated rings. The Morgan fingerprint density at radius 3 is 2.81 bits per heavy atom. The Morgan fingerprint density at radius 2 is 2.12 bits per heavy atom. The van der Waals surface area contributed by atoms with E-state index in [0.717, 1.165) is 51.3 Å². The van der Waals surface area contributed by atoms with Crippen molar-refractivity contribution in [1.82, 2.24) is 15.5 Å². The van der Waals surface area contributed by atoms with E-state index >= 15 is 0 Å². The summed E-state index contributed by atoms with van der Waals surface area (Å²) in [5.41, 5.74) is 1.36. The molecule has 2 heterocycles. The number of amides is 1. The summed E-state index contributed by atoms with van der Waals surface area (Å²) in [7, 11) is 1.81. The van der Waals surface area contributed by atoms with Gasteiger partial charge in [0.15, 0.2) is 5.96 Å². The normalized spacial score (nSPS) is 21.3. The van der Waals surface area contributed by atoms with Crippen LogP contribution < -0.4 is 10.6 Å². The van der Waals surface area contributed by atoms with Gasteiger partial charge >= 0.3 is 0 Å². The first-order chi connectivity index (χ1) is 12.3. The Labute approximate surface area is 178 Å². The van der Waals surface area contributed by atoms with Crippen LogP contribution in [0.2, 0.25) is 0 Å². The van der Waals surface area contributed by atoms with Gasteiger partial charge in [-0.05, 0) is 48.1 Å². The quantitative estimate of drug-likeness (QED) is 0.379. The molecular formula is C19H31IN4OS. The zero-order valence-corrected chi connectivity index (χ0v) is 18.7. The molecule has 1 saturated carbocycles. The number of thiophene rings is 1. The van der Waals surface area contributed by atoms with Crippen LogP contribution in [0, 0.1) is 5.92 Å². The number of nitrogens with zero attached hydrogens (tertiary/aromatic N) is 2. The summed E-state index contributed by atoms with van der Waals surface area (Å²) in [5, 5.41) is 11.2. The molecule has 2 N–H and O–H groups in total. The molecule has 0 aromatic carbocycles. The van der Waals surface area contributed by atoms with E-state index in [2.05, 4.69) is 37.4 Å². The second kappa shape index (κ2) is 11.1. The molecule has 26 heavy (non-hydrogen) atoms. The van der Waals surface area contributed by atoms with Crippen LogP contribution in [0.3, 0.4) is 0 Å². The van der Waals surface area contributed by atoms with E-state index < -0.39 is 0 Å². The molecule has 1 saturated heterocycles. The monoisotopic (exact) mass is 490 g/mol. The number of likely N-dealkylation sites (tertiary alicyclic amines) is 1. The van der Waals surface area contributed by atoms with E-state index in [9.17, 15) is 4.79 Å². The van der Waals surface area contributed by atoms with Gasteiger partial charge in [0.1, 0.15) is 0 Å². The molecule has 1 aromatic heterocycles. The third kappa shape index (κ3) is 6.11. The second-order valence-corrected chi connectivity index (χ2v) is 7.91. The van der Waals surface area contributed by atoms with Gasteiger partial charge in [0.2, 0.25) is 5.91 Å². The van der Waals surface area contributed by atoms with E-state index in [-0.39, 0.29) is 29.9 Å². The largest absolute Gasteiger partial charge is 0.356 e. The van der Waals surface area contributed by atoms with Gasteiger partial charge in [0.25, 0.3) is 0 Å². The van der Waals surface area contributed by atoms with E-state index in [1.165, 1.54) is 24.8 Å². The molecule has 1 aromatic rings. The standard InChI is InChI=1S/C19H30N4OS.HI/c1-20-19(21-10-7-15-9-12-25-14-15)22-17-8-11-23(13-17)18(24)16-5-3-2-4-6-16;/h9,12,14,16-17H,2-8,10-11,13H2,1H3,(H2,20,21,22);1H. The fourth-order valence-corrected chi connectivity index (χ4v) is 4.54. The molecule has 7 heteroatoms. The van der Waals surface area contributed by atoms with Gasteiger partial charge in [0.05, 0.1) is 0 Å². The van der Waals surface area contributed by atoms with Crippen LogP contribution in [0.25, 0.3) is 0 Å². The SMILES string of the molecule is CN=C(NCCc1ccsc1)NC1CCN(C(=O)C2CCCCC2)C1.I. The summed E-state index contributed by atoms with van der Waals surface area (Å²) in [6.45, 7) is 2.55. The molecule has 0 spiro atoms. The minimum atomic E-state index is 0. The first-order valence-corrected chi connectivity index (χ1v) is 10.5. The van der Waals surface area contributed by atoms with Crippen molar-refractivity contribution in [1.29, 1.82) is 0 Å². The highest BCUT2D eigenvalue weighted by atomic mass is 127. The average Bonchev–Trinajstić information content (AvgIpc) is 3.33. The van der Waals surface area contributed by atoms with Crippen LogP contribution in [-0.2, 0) is 11.2 Å². The van der Waals surface area contributed by atoms with Crippen LogP contribution >= 0.6 is 35.3 Å². The molecule has 0 radical (unpaired) electrons. The van der Waals surface area contributed by atoms with Crippen LogP contribution in [-0.4, -0.2) is 49.5 Å². The van der Waals surface area contributed by atoms with E-state index in [4.69, 9.17) is 0 Å². The lowest BCUT2D eigenvalue weighted by Crippen LogP contribution is -2.46. The maximum absolute atomic E-state index is 12.7. The lowest BCUT2D eigenvalue weighted by Gasteiger charge is -2.26. The first-order valence-electron chi connectivity index (χ1n) is 9.53. The van der Waals surface area contributed by atoms with Crippen molar-refractivity contribution in [2.24, 2.45) is 10.9 Å². The van der Waals surface area contributed by atoms with Gasteiger partial charge < -0.3 is 15.5 Å². The van der Waals surface area contributed by atoms with Crippen molar-refractivity contribution >= 4 is 47.2 Å². The number of aliphatic imine (C=N–C) groups is 1. The van der Waals surface area contributed by atoms with Crippen molar-refractivity contribution in [2.75, 3.05) is 26.7 Å². The first kappa shape index (κ1) is 21.5. The van der Waals surface area contributed by atoms with Crippen LogP contribution in [0.4, 0.5) is 0 Å². The minimum absolute atomic E-state index is 0. The van der Waals surface area contributed by atoms with E-state index in [0.29, 0.717) is 11.9 Å². The minimum Gasteiger partial charge on any atom is -0.356 e. The third-order valence-corrected chi connectivity index (χ3v) is 6.04. The highest BCUT2D eigenvalue weighted by Gasteiger charge is 2.31. The average molecular weight is 490 g/mol. The van der Waals surface area contributed by atoms with E-state index in [1.807, 2.05) is 0 Å². The van der Waals surface area contributed by atoms with Crippen LogP contribution in [0.1, 0.15) is 44.1 Å². The molecule has 146 valence electrons. The second-order valence-electron chi connectivity index (χ2n) is 7.13. The Balaban J connectivity index is 0.00000243. The Bertz CT molecular complexity index is 572. The molecule has 1 aliphatic heterocycles. The summed E-state index contributed by atoms with van der Waals surface area (Å²) >= 11 is 1.73. The molecule has 0 bridgehead atoms. The Kier molecular flexibility index (Phi) is 9.18. The van der Waals surface area contributed by atoms with Crippen LogP contribution in [0.5, 0.6) is 0 Å². The number of hydrogen-bond acceptors (Lipinski definition) is 3. The van der Waals surface area contributed by atoms with Crippen molar-refractivity contribution in [3.63, 3.8) is 0 Å². The van der Waals surface area contributed by atoms with Crippen molar-refractivity contribution in [3.05, 3.63) is 22.4 Å². The lowest BCUT2D eigenvalue weighted by atomic mass is 9.88. The summed E-state index contributed by atoms with van der Waals surface area (Å²) in [4.78, 5) is 19.0. The summed E-state index contributed by atoms with van der Waals surface area (Å²) in [6, 6.07) is 2.47. The van der Waals surface area contributed by atoms with Gasteiger partial charge in [0, 0.05) is 38.6 Å². The summed E-state index contributed by atoms with van der Waals surface area (Å²) in [6.07, 6.45) is 7.89. The fourth-order valence-electron chi connectivity index (χ4n) is 3.83. The fraction of sp³-hybridized carbons (Fsp3) is 0.684. The zero-order valence-electron chi connectivity index (χ0n) is 15.6. The summed E-state index contributed by atoms with van der Waals surface area (Å²) in [5.74, 6) is 1.49. The predicted octanol–water partition coefficient (Wildman–Crippen LogP) is 3.25. The molecule has 1 unspecified atom stereocenters. The molecule has 2 aliphatic rings. The number of hydrogen-bond donors (Lipinski definition) is 2.